The molecule has 0 fully saturated rings. The Hall–Kier alpha value is -3.02. The normalized spacial score (nSPS) is 10.8. The Balaban J connectivity index is 1.74. The van der Waals surface area contributed by atoms with E-state index in [2.05, 4.69) is 9.97 Å². The summed E-state index contributed by atoms with van der Waals surface area (Å²) in [4.78, 5) is 32.2. The molecule has 0 bridgehead atoms. The second kappa shape index (κ2) is 6.62. The van der Waals surface area contributed by atoms with Crippen molar-refractivity contribution in [1.29, 1.82) is 0 Å². The molecule has 3 aromatic rings. The first kappa shape index (κ1) is 15.9. The van der Waals surface area contributed by atoms with Gasteiger partial charge in [0.2, 0.25) is 6.41 Å². The molecule has 0 saturated heterocycles. The van der Waals surface area contributed by atoms with Crippen molar-refractivity contribution in [3.8, 4) is 0 Å². The molecule has 2 amide bonds. The number of carbonyl (C=O) groups is 2. The zero-order valence-corrected chi connectivity index (χ0v) is 13.1. The first-order valence-electron chi connectivity index (χ1n) is 7.54. The fraction of sp³-hybridized carbons (Fsp3) is 0.167. The lowest BCUT2D eigenvalue weighted by Crippen LogP contribution is -2.32. The van der Waals surface area contributed by atoms with Gasteiger partial charge in [0.05, 0.1) is 11.0 Å². The third-order valence-electron chi connectivity index (χ3n) is 3.85. The Kier molecular flexibility index (Phi) is 4.37. The van der Waals surface area contributed by atoms with E-state index in [-0.39, 0.29) is 18.3 Å². The molecule has 0 unspecified atom stereocenters. The number of aromatic amines is 1. The van der Waals surface area contributed by atoms with Crippen molar-refractivity contribution in [2.75, 3.05) is 6.54 Å². The second-order valence-corrected chi connectivity index (χ2v) is 5.51. The van der Waals surface area contributed by atoms with Crippen LogP contribution in [0.5, 0.6) is 0 Å². The summed E-state index contributed by atoms with van der Waals surface area (Å²) in [6.07, 6.45) is 0.893. The molecule has 3 rings (SSSR count). The van der Waals surface area contributed by atoms with Gasteiger partial charge in [-0.25, -0.2) is 9.37 Å². The van der Waals surface area contributed by atoms with Gasteiger partial charge in [0.25, 0.3) is 5.91 Å². The summed E-state index contributed by atoms with van der Waals surface area (Å²) in [6, 6.07) is 11.4. The highest BCUT2D eigenvalue weighted by molar-refractivity contribution is 6.00. The number of hydrogen-bond donors (Lipinski definition) is 1. The average molecular weight is 325 g/mol. The van der Waals surface area contributed by atoms with Gasteiger partial charge in [-0.05, 0) is 36.8 Å². The minimum Gasteiger partial charge on any atom is -0.342 e. The molecule has 0 aliphatic rings. The lowest BCUT2D eigenvalue weighted by atomic mass is 10.1. The number of aryl methyl sites for hydroxylation is 1. The van der Waals surface area contributed by atoms with Gasteiger partial charge in [-0.15, -0.1) is 0 Å². The summed E-state index contributed by atoms with van der Waals surface area (Å²) < 4.78 is 13.2. The number of halogens is 1. The van der Waals surface area contributed by atoms with Crippen LogP contribution in [0.2, 0.25) is 0 Å². The zero-order valence-electron chi connectivity index (χ0n) is 13.1. The second-order valence-electron chi connectivity index (χ2n) is 5.51. The highest BCUT2D eigenvalue weighted by atomic mass is 19.1. The molecule has 122 valence electrons. The van der Waals surface area contributed by atoms with Crippen LogP contribution < -0.4 is 0 Å². The van der Waals surface area contributed by atoms with Crippen LogP contribution in [0.3, 0.4) is 0 Å². The fourth-order valence-corrected chi connectivity index (χ4v) is 2.55. The molecule has 6 heteroatoms. The Morgan fingerprint density at radius 1 is 1.29 bits per heavy atom. The molecule has 0 aliphatic carbocycles. The van der Waals surface area contributed by atoms with Crippen molar-refractivity contribution in [1.82, 2.24) is 14.9 Å². The van der Waals surface area contributed by atoms with E-state index in [0.29, 0.717) is 35.3 Å². The van der Waals surface area contributed by atoms with E-state index in [9.17, 15) is 14.0 Å². The summed E-state index contributed by atoms with van der Waals surface area (Å²) in [5.41, 5.74) is 2.55. The van der Waals surface area contributed by atoms with Crippen molar-refractivity contribution >= 4 is 23.4 Å². The van der Waals surface area contributed by atoms with Crippen molar-refractivity contribution in [3.05, 3.63) is 65.2 Å². The number of amides is 2. The van der Waals surface area contributed by atoms with E-state index in [4.69, 9.17) is 0 Å². The van der Waals surface area contributed by atoms with Crippen LogP contribution in [-0.4, -0.2) is 33.7 Å². The Morgan fingerprint density at radius 3 is 2.83 bits per heavy atom. The van der Waals surface area contributed by atoms with Crippen LogP contribution in [0.1, 0.15) is 21.7 Å². The first-order valence-corrected chi connectivity index (χ1v) is 7.54. The quantitative estimate of drug-likeness (QED) is 0.734. The monoisotopic (exact) mass is 325 g/mol. The Bertz CT molecular complexity index is 904. The maximum Gasteiger partial charge on any atom is 0.260 e. The molecule has 0 spiro atoms. The number of H-pyrrole nitrogens is 1. The van der Waals surface area contributed by atoms with Crippen LogP contribution in [0.15, 0.2) is 42.5 Å². The standard InChI is InChI=1S/C18H16FN3O2/c1-12-4-2-3-5-14(12)18(24)22(11-23)9-8-17-20-15-7-6-13(19)10-16(15)21-17/h2-7,10-11H,8-9H2,1H3,(H,20,21). The number of nitrogens with zero attached hydrogens (tertiary/aromatic N) is 2. The predicted molar refractivity (Wildman–Crippen MR) is 88.0 cm³/mol. The van der Waals surface area contributed by atoms with Crippen LogP contribution in [0.25, 0.3) is 11.0 Å². The highest BCUT2D eigenvalue weighted by Gasteiger charge is 2.17. The van der Waals surface area contributed by atoms with Crippen LogP contribution in [0, 0.1) is 12.7 Å². The van der Waals surface area contributed by atoms with Crippen LogP contribution >= 0.6 is 0 Å². The van der Waals surface area contributed by atoms with Gasteiger partial charge in [0, 0.05) is 18.5 Å². The number of nitrogens with one attached hydrogen (secondary N) is 1. The number of benzene rings is 2. The van der Waals surface area contributed by atoms with Crippen molar-refractivity contribution < 1.29 is 14.0 Å². The summed E-state index contributed by atoms with van der Waals surface area (Å²) in [7, 11) is 0. The lowest BCUT2D eigenvalue weighted by Gasteiger charge is -2.16. The molecular formula is C18H16FN3O2. The van der Waals surface area contributed by atoms with Crippen molar-refractivity contribution in [2.45, 2.75) is 13.3 Å². The van der Waals surface area contributed by atoms with Gasteiger partial charge >= 0.3 is 0 Å². The molecule has 1 N–H and O–H groups in total. The molecule has 0 aliphatic heterocycles. The highest BCUT2D eigenvalue weighted by Crippen LogP contribution is 2.14. The van der Waals surface area contributed by atoms with E-state index in [0.717, 1.165) is 10.5 Å². The predicted octanol–water partition coefficient (Wildman–Crippen LogP) is 2.85. The van der Waals surface area contributed by atoms with Gasteiger partial charge < -0.3 is 4.98 Å². The Labute approximate surface area is 138 Å². The van der Waals surface area contributed by atoms with E-state index in [1.54, 1.807) is 18.2 Å². The number of imide groups is 1. The van der Waals surface area contributed by atoms with E-state index in [1.807, 2.05) is 19.1 Å². The third-order valence-corrected chi connectivity index (χ3v) is 3.85. The largest absolute Gasteiger partial charge is 0.342 e. The van der Waals surface area contributed by atoms with Gasteiger partial charge in [0.1, 0.15) is 11.6 Å². The lowest BCUT2D eigenvalue weighted by molar-refractivity contribution is -0.115. The maximum absolute atomic E-state index is 13.2. The van der Waals surface area contributed by atoms with E-state index in [1.165, 1.54) is 12.1 Å². The van der Waals surface area contributed by atoms with E-state index < -0.39 is 0 Å². The molecule has 2 aromatic carbocycles. The van der Waals surface area contributed by atoms with E-state index >= 15 is 0 Å². The smallest absolute Gasteiger partial charge is 0.260 e. The topological polar surface area (TPSA) is 66.1 Å². The molecule has 0 atom stereocenters. The number of aromatic nitrogens is 2. The average Bonchev–Trinajstić information content (AvgIpc) is 2.97. The molecule has 5 nitrogen and oxygen atoms in total. The zero-order chi connectivity index (χ0) is 17.1. The van der Waals surface area contributed by atoms with Crippen molar-refractivity contribution in [3.63, 3.8) is 0 Å². The number of hydrogen-bond acceptors (Lipinski definition) is 3. The van der Waals surface area contributed by atoms with Crippen LogP contribution in [0.4, 0.5) is 4.39 Å². The first-order chi connectivity index (χ1) is 11.6. The number of imidazole rings is 1. The van der Waals surface area contributed by atoms with Gasteiger partial charge in [-0.2, -0.15) is 0 Å². The summed E-state index contributed by atoms with van der Waals surface area (Å²) in [5, 5.41) is 0. The molecule has 1 aromatic heterocycles. The van der Waals surface area contributed by atoms with Crippen LogP contribution in [-0.2, 0) is 11.2 Å². The molecular weight excluding hydrogens is 309 g/mol. The summed E-state index contributed by atoms with van der Waals surface area (Å²) >= 11 is 0. The Morgan fingerprint density at radius 2 is 2.08 bits per heavy atom. The summed E-state index contributed by atoms with van der Waals surface area (Å²) in [6.45, 7) is 2.02. The summed E-state index contributed by atoms with van der Waals surface area (Å²) in [5.74, 6) is -0.0905. The fourth-order valence-electron chi connectivity index (χ4n) is 2.55. The number of fused-ring (bicyclic) bond motifs is 1. The number of rotatable bonds is 5. The maximum atomic E-state index is 13.2. The van der Waals surface area contributed by atoms with Gasteiger partial charge in [0.15, 0.2) is 0 Å². The third kappa shape index (κ3) is 3.17. The minimum atomic E-state index is -0.345. The SMILES string of the molecule is Cc1ccccc1C(=O)N(C=O)CCc1nc2ccc(F)cc2[nH]1. The molecule has 1 heterocycles. The molecule has 0 saturated carbocycles. The van der Waals surface area contributed by atoms with Gasteiger partial charge in [-0.1, -0.05) is 18.2 Å². The van der Waals surface area contributed by atoms with Gasteiger partial charge in [-0.3, -0.25) is 14.5 Å². The van der Waals surface area contributed by atoms with Crippen molar-refractivity contribution in [2.24, 2.45) is 0 Å². The molecule has 24 heavy (non-hydrogen) atoms. The minimum absolute atomic E-state index is 0.193. The number of carbonyl (C=O) groups excluding carboxylic acids is 2. The molecule has 0 radical (unpaired) electrons.